The monoisotopic (exact) mass is 410 g/mol. The zero-order valence-electron chi connectivity index (χ0n) is 15.9. The molecule has 0 N–H and O–H groups in total. The fraction of sp³-hybridized carbons (Fsp3) is 0.250. The Balaban J connectivity index is 2.08. The van der Waals surface area contributed by atoms with Gasteiger partial charge >= 0.3 is 168 Å². The Morgan fingerprint density at radius 1 is 0.444 bits per heavy atom. The van der Waals surface area contributed by atoms with Crippen LogP contribution >= 0.6 is 23.8 Å². The number of hydrogen-bond acceptors (Lipinski definition) is 0. The van der Waals surface area contributed by atoms with Gasteiger partial charge < -0.3 is 0 Å². The van der Waals surface area contributed by atoms with E-state index in [4.69, 9.17) is 0 Å². The summed E-state index contributed by atoms with van der Waals surface area (Å²) in [6.07, 6.45) is 8.24. The minimum absolute atomic E-state index is 1.11. The van der Waals surface area contributed by atoms with E-state index in [1.54, 1.807) is 15.9 Å². The SMILES string of the molecule is c1ccc(P2(c3ccccc3)(c3ccccc3)CCPCCPCC2)cc1. The van der Waals surface area contributed by atoms with Crippen LogP contribution in [0.3, 0.4) is 0 Å². The number of rotatable bonds is 3. The van der Waals surface area contributed by atoms with Gasteiger partial charge in [-0.15, -0.1) is 0 Å². The molecular weight excluding hydrogens is 381 g/mol. The van der Waals surface area contributed by atoms with E-state index in [1.807, 2.05) is 0 Å². The Kier molecular flexibility index (Phi) is 6.09. The molecule has 3 heteroatoms. The van der Waals surface area contributed by atoms with Crippen LogP contribution in [0.1, 0.15) is 0 Å². The second-order valence-electron chi connectivity index (χ2n) is 7.46. The van der Waals surface area contributed by atoms with Crippen LogP contribution in [0.15, 0.2) is 91.0 Å². The molecular formula is C24H29P3. The van der Waals surface area contributed by atoms with Gasteiger partial charge in [-0.1, -0.05) is 0 Å². The van der Waals surface area contributed by atoms with E-state index in [-0.39, 0.29) is 0 Å². The Hall–Kier alpha value is -1.05. The van der Waals surface area contributed by atoms with Gasteiger partial charge in [0.1, 0.15) is 0 Å². The third-order valence-corrected chi connectivity index (χ3v) is 17.0. The molecule has 0 amide bonds. The van der Waals surface area contributed by atoms with Gasteiger partial charge in [-0.25, -0.2) is 0 Å². The Bertz CT molecular complexity index is 733. The van der Waals surface area contributed by atoms with E-state index in [9.17, 15) is 0 Å². The van der Waals surface area contributed by atoms with Gasteiger partial charge in [-0.2, -0.15) is 0 Å². The predicted molar refractivity (Wildman–Crippen MR) is 131 cm³/mol. The predicted octanol–water partition coefficient (Wildman–Crippen LogP) is 4.89. The van der Waals surface area contributed by atoms with Gasteiger partial charge in [0, 0.05) is 0 Å². The molecule has 1 aliphatic rings. The number of hydrogen-bond donors (Lipinski definition) is 0. The molecule has 0 saturated carbocycles. The fourth-order valence-electron chi connectivity index (χ4n) is 4.78. The zero-order chi connectivity index (χ0) is 18.4. The van der Waals surface area contributed by atoms with Crippen molar-refractivity contribution in [2.75, 3.05) is 37.0 Å². The summed E-state index contributed by atoms with van der Waals surface area (Å²) in [5.74, 6) is 0. The molecule has 0 nitrogen and oxygen atoms in total. The summed E-state index contributed by atoms with van der Waals surface area (Å²) in [5.41, 5.74) is 0. The van der Waals surface area contributed by atoms with Crippen LogP contribution < -0.4 is 15.9 Å². The van der Waals surface area contributed by atoms with Crippen LogP contribution in [0.4, 0.5) is 0 Å². The van der Waals surface area contributed by atoms with Gasteiger partial charge in [-0.05, 0) is 0 Å². The average Bonchev–Trinajstić information content (AvgIpc) is 2.88. The molecule has 0 aromatic heterocycles. The summed E-state index contributed by atoms with van der Waals surface area (Å²) in [6.45, 7) is -2.48. The summed E-state index contributed by atoms with van der Waals surface area (Å²) in [5, 5.41) is 4.78. The van der Waals surface area contributed by atoms with E-state index >= 15 is 0 Å². The quantitative estimate of drug-likeness (QED) is 0.540. The first-order valence-electron chi connectivity index (χ1n) is 9.95. The van der Waals surface area contributed by atoms with Crippen molar-refractivity contribution in [2.45, 2.75) is 0 Å². The summed E-state index contributed by atoms with van der Waals surface area (Å²) in [4.78, 5) is 0. The molecule has 3 aromatic rings. The van der Waals surface area contributed by atoms with Gasteiger partial charge in [0.25, 0.3) is 0 Å². The molecule has 2 unspecified atom stereocenters. The summed E-state index contributed by atoms with van der Waals surface area (Å²) in [6, 6.07) is 34.7. The van der Waals surface area contributed by atoms with Crippen LogP contribution in [0, 0.1) is 0 Å². The van der Waals surface area contributed by atoms with Crippen LogP contribution in [0.5, 0.6) is 0 Å². The standard InChI is InChI=1S/C24H29P3/c1-4-10-22(11-5-1)27(23-12-6-2-7-13-23,24-14-8-3-9-15-24)20-18-25-16-17-26-19-21-27/h1-15,25-26H,16-21H2. The molecule has 140 valence electrons. The van der Waals surface area contributed by atoms with E-state index in [0.29, 0.717) is 0 Å². The first-order chi connectivity index (χ1) is 13.4. The second-order valence-corrected chi connectivity index (χ2v) is 15.9. The maximum atomic E-state index is 2.43. The molecule has 0 aliphatic carbocycles. The Morgan fingerprint density at radius 2 is 0.778 bits per heavy atom. The number of benzene rings is 3. The van der Waals surface area contributed by atoms with E-state index < -0.39 is 6.60 Å². The van der Waals surface area contributed by atoms with Gasteiger partial charge in [0.05, 0.1) is 0 Å². The summed E-state index contributed by atoms with van der Waals surface area (Å²) >= 11 is 0. The van der Waals surface area contributed by atoms with E-state index in [1.165, 1.54) is 37.0 Å². The van der Waals surface area contributed by atoms with Crippen molar-refractivity contribution in [1.29, 1.82) is 0 Å². The molecule has 2 atom stereocenters. The van der Waals surface area contributed by atoms with E-state index in [0.717, 1.165) is 17.2 Å². The van der Waals surface area contributed by atoms with E-state index in [2.05, 4.69) is 91.0 Å². The molecule has 0 spiro atoms. The van der Waals surface area contributed by atoms with Crippen molar-refractivity contribution in [3.05, 3.63) is 91.0 Å². The topological polar surface area (TPSA) is 0 Å². The van der Waals surface area contributed by atoms with Crippen molar-refractivity contribution in [3.8, 4) is 0 Å². The Morgan fingerprint density at radius 3 is 1.11 bits per heavy atom. The minimum atomic E-state index is -2.48. The zero-order valence-corrected chi connectivity index (χ0v) is 18.7. The summed E-state index contributed by atoms with van der Waals surface area (Å²) < 4.78 is 0. The summed E-state index contributed by atoms with van der Waals surface area (Å²) in [7, 11) is 2.22. The molecule has 3 aromatic carbocycles. The Labute approximate surface area is 167 Å². The van der Waals surface area contributed by atoms with Crippen molar-refractivity contribution < 1.29 is 0 Å². The maximum absolute atomic E-state index is 2.48. The first kappa shape index (κ1) is 19.3. The van der Waals surface area contributed by atoms with Gasteiger partial charge in [-0.3, -0.25) is 0 Å². The van der Waals surface area contributed by atoms with Gasteiger partial charge in [0.15, 0.2) is 0 Å². The van der Waals surface area contributed by atoms with Gasteiger partial charge in [0.2, 0.25) is 0 Å². The molecule has 0 radical (unpaired) electrons. The third-order valence-electron chi connectivity index (χ3n) is 6.18. The van der Waals surface area contributed by atoms with Crippen molar-refractivity contribution in [3.63, 3.8) is 0 Å². The second kappa shape index (κ2) is 8.53. The van der Waals surface area contributed by atoms with Crippen LogP contribution in [0.2, 0.25) is 0 Å². The van der Waals surface area contributed by atoms with Crippen molar-refractivity contribution in [1.82, 2.24) is 0 Å². The van der Waals surface area contributed by atoms with Crippen molar-refractivity contribution in [2.24, 2.45) is 0 Å². The molecule has 1 heterocycles. The first-order valence-corrected chi connectivity index (χ1v) is 15.4. The molecule has 27 heavy (non-hydrogen) atoms. The molecule has 1 saturated heterocycles. The van der Waals surface area contributed by atoms with Crippen LogP contribution in [0.25, 0.3) is 0 Å². The van der Waals surface area contributed by atoms with Crippen LogP contribution in [-0.4, -0.2) is 37.0 Å². The normalized spacial score (nSPS) is 22.7. The third kappa shape index (κ3) is 3.42. The molecule has 0 bridgehead atoms. The molecule has 1 aliphatic heterocycles. The average molecular weight is 410 g/mol. The fourth-order valence-corrected chi connectivity index (χ4v) is 17.2. The van der Waals surface area contributed by atoms with Crippen molar-refractivity contribution >= 4 is 39.7 Å². The van der Waals surface area contributed by atoms with Crippen LogP contribution in [-0.2, 0) is 0 Å². The molecule has 4 rings (SSSR count). The molecule has 1 fully saturated rings.